The van der Waals surface area contributed by atoms with Crippen molar-refractivity contribution in [3.63, 3.8) is 0 Å². The number of hydrogen-bond donors (Lipinski definition) is 1. The van der Waals surface area contributed by atoms with Crippen molar-refractivity contribution in [3.8, 4) is 0 Å². The lowest BCUT2D eigenvalue weighted by atomic mass is 9.80. The van der Waals surface area contributed by atoms with Crippen LogP contribution in [0.3, 0.4) is 0 Å². The van der Waals surface area contributed by atoms with Gasteiger partial charge in [0.15, 0.2) is 0 Å². The van der Waals surface area contributed by atoms with Crippen LogP contribution in [0.2, 0.25) is 0 Å². The van der Waals surface area contributed by atoms with Gasteiger partial charge in [0.25, 0.3) is 0 Å². The Hall–Kier alpha value is -1.23. The van der Waals surface area contributed by atoms with Crippen molar-refractivity contribution in [2.75, 3.05) is 6.54 Å². The molecule has 2 N–H and O–H groups in total. The number of hydrogen-bond acceptors (Lipinski definition) is 4. The predicted octanol–water partition coefficient (Wildman–Crippen LogP) is 1.32. The van der Waals surface area contributed by atoms with Crippen LogP contribution in [0.5, 0.6) is 0 Å². The smallest absolute Gasteiger partial charge is 0.147 e. The van der Waals surface area contributed by atoms with Crippen LogP contribution < -0.4 is 5.73 Å². The fourth-order valence-corrected chi connectivity index (χ4v) is 2.80. The molecular weight excluding hydrogens is 228 g/mol. The van der Waals surface area contributed by atoms with Crippen molar-refractivity contribution < 1.29 is 4.79 Å². The van der Waals surface area contributed by atoms with Crippen LogP contribution in [0.1, 0.15) is 44.9 Å². The number of ketones is 1. The average Bonchev–Trinajstić information content (AvgIpc) is 3.00. The van der Waals surface area contributed by atoms with Crippen LogP contribution in [0.25, 0.3) is 0 Å². The predicted molar refractivity (Wildman–Crippen MR) is 69.0 cm³/mol. The molecule has 5 heteroatoms. The number of rotatable bonds is 6. The number of aryl methyl sites for hydroxylation is 1. The zero-order valence-corrected chi connectivity index (χ0v) is 11.1. The highest BCUT2D eigenvalue weighted by molar-refractivity contribution is 5.86. The Morgan fingerprint density at radius 2 is 2.22 bits per heavy atom. The Bertz CT molecular complexity index is 407. The van der Waals surface area contributed by atoms with Crippen molar-refractivity contribution in [3.05, 3.63) is 12.2 Å². The van der Waals surface area contributed by atoms with Crippen molar-refractivity contribution in [1.29, 1.82) is 0 Å². The topological polar surface area (TPSA) is 73.8 Å². The zero-order chi connectivity index (χ0) is 13.0. The second kappa shape index (κ2) is 5.61. The Morgan fingerprint density at radius 1 is 1.50 bits per heavy atom. The van der Waals surface area contributed by atoms with E-state index >= 15 is 0 Å². The summed E-state index contributed by atoms with van der Waals surface area (Å²) in [6, 6.07) is 0. The summed E-state index contributed by atoms with van der Waals surface area (Å²) in [6.45, 7) is 3.37. The van der Waals surface area contributed by atoms with E-state index in [0.717, 1.165) is 44.5 Å². The molecule has 1 aromatic heterocycles. The Kier molecular flexibility index (Phi) is 4.11. The third kappa shape index (κ3) is 2.46. The first-order chi connectivity index (χ1) is 8.72. The van der Waals surface area contributed by atoms with Crippen molar-refractivity contribution in [2.45, 2.75) is 52.0 Å². The number of aromatic nitrogens is 3. The van der Waals surface area contributed by atoms with Gasteiger partial charge in [0.2, 0.25) is 0 Å². The summed E-state index contributed by atoms with van der Waals surface area (Å²) in [6.07, 6.45) is 7.00. The second-order valence-electron chi connectivity index (χ2n) is 5.19. The molecule has 0 amide bonds. The van der Waals surface area contributed by atoms with Gasteiger partial charge in [0, 0.05) is 18.5 Å². The molecule has 0 aliphatic heterocycles. The van der Waals surface area contributed by atoms with Crippen LogP contribution in [-0.4, -0.2) is 27.1 Å². The summed E-state index contributed by atoms with van der Waals surface area (Å²) < 4.78 is 1.83. The molecule has 1 heterocycles. The average molecular weight is 250 g/mol. The molecule has 1 aliphatic carbocycles. The number of nitrogens with zero attached hydrogens (tertiary/aromatic N) is 3. The minimum Gasteiger partial charge on any atom is -0.329 e. The summed E-state index contributed by atoms with van der Waals surface area (Å²) in [5, 5.41) is 4.16. The van der Waals surface area contributed by atoms with Gasteiger partial charge in [-0.1, -0.05) is 19.8 Å². The Labute approximate surface area is 108 Å². The van der Waals surface area contributed by atoms with Crippen LogP contribution in [0.4, 0.5) is 0 Å². The molecule has 5 nitrogen and oxygen atoms in total. The van der Waals surface area contributed by atoms with Gasteiger partial charge < -0.3 is 5.73 Å². The summed E-state index contributed by atoms with van der Waals surface area (Å²) in [5.74, 6) is 1.02. The molecule has 0 spiro atoms. The first kappa shape index (κ1) is 13.2. The molecule has 1 aliphatic rings. The maximum Gasteiger partial charge on any atom is 0.147 e. The normalized spacial score (nSPS) is 18.1. The SMILES string of the molecule is CCCn1ncnc1CC(=O)C1(CN)CCCC1. The lowest BCUT2D eigenvalue weighted by Gasteiger charge is -2.25. The molecule has 0 atom stereocenters. The molecule has 0 unspecified atom stereocenters. The van der Waals surface area contributed by atoms with Crippen molar-refractivity contribution >= 4 is 5.78 Å². The van der Waals surface area contributed by atoms with Crippen molar-refractivity contribution in [1.82, 2.24) is 14.8 Å². The van der Waals surface area contributed by atoms with Crippen LogP contribution in [0, 0.1) is 5.41 Å². The second-order valence-corrected chi connectivity index (χ2v) is 5.19. The highest BCUT2D eigenvalue weighted by Crippen LogP contribution is 2.38. The van der Waals surface area contributed by atoms with Gasteiger partial charge in [-0.05, 0) is 19.3 Å². The molecule has 0 saturated heterocycles. The fraction of sp³-hybridized carbons (Fsp3) is 0.769. The summed E-state index contributed by atoms with van der Waals surface area (Å²) in [5.41, 5.74) is 5.54. The maximum atomic E-state index is 12.5. The molecule has 0 aromatic carbocycles. The van der Waals surface area contributed by atoms with Gasteiger partial charge in [0.05, 0.1) is 6.42 Å². The van der Waals surface area contributed by atoms with Gasteiger partial charge in [-0.3, -0.25) is 4.79 Å². The molecule has 0 radical (unpaired) electrons. The zero-order valence-electron chi connectivity index (χ0n) is 11.1. The van der Waals surface area contributed by atoms with Gasteiger partial charge >= 0.3 is 0 Å². The highest BCUT2D eigenvalue weighted by atomic mass is 16.1. The molecule has 1 aromatic rings. The number of nitrogens with two attached hydrogens (primary N) is 1. The Morgan fingerprint density at radius 3 is 2.83 bits per heavy atom. The largest absolute Gasteiger partial charge is 0.329 e. The van der Waals surface area contributed by atoms with E-state index in [1.54, 1.807) is 0 Å². The Balaban J connectivity index is 2.08. The van der Waals surface area contributed by atoms with Gasteiger partial charge in [-0.25, -0.2) is 9.67 Å². The highest BCUT2D eigenvalue weighted by Gasteiger charge is 2.39. The first-order valence-electron chi connectivity index (χ1n) is 6.82. The quantitative estimate of drug-likeness (QED) is 0.826. The van der Waals surface area contributed by atoms with E-state index in [0.29, 0.717) is 13.0 Å². The number of carbonyl (C=O) groups is 1. The monoisotopic (exact) mass is 250 g/mol. The third-order valence-electron chi connectivity index (χ3n) is 3.99. The summed E-state index contributed by atoms with van der Waals surface area (Å²) in [7, 11) is 0. The molecule has 1 saturated carbocycles. The summed E-state index contributed by atoms with van der Waals surface area (Å²) >= 11 is 0. The van der Waals surface area contributed by atoms with E-state index in [9.17, 15) is 4.79 Å². The first-order valence-corrected chi connectivity index (χ1v) is 6.82. The van der Waals surface area contributed by atoms with E-state index in [1.807, 2.05) is 4.68 Å². The van der Waals surface area contributed by atoms with E-state index in [2.05, 4.69) is 17.0 Å². The van der Waals surface area contributed by atoms with Gasteiger partial charge in [0.1, 0.15) is 17.9 Å². The van der Waals surface area contributed by atoms with Crippen LogP contribution in [0.15, 0.2) is 6.33 Å². The number of carbonyl (C=O) groups excluding carboxylic acids is 1. The fourth-order valence-electron chi connectivity index (χ4n) is 2.80. The third-order valence-corrected chi connectivity index (χ3v) is 3.99. The molecule has 2 rings (SSSR count). The van der Waals surface area contributed by atoms with Crippen LogP contribution in [-0.2, 0) is 17.8 Å². The molecule has 100 valence electrons. The maximum absolute atomic E-state index is 12.5. The molecular formula is C13H22N4O. The van der Waals surface area contributed by atoms with Gasteiger partial charge in [-0.15, -0.1) is 0 Å². The minimum atomic E-state index is -0.289. The molecule has 18 heavy (non-hydrogen) atoms. The van der Waals surface area contributed by atoms with E-state index in [-0.39, 0.29) is 11.2 Å². The lowest BCUT2D eigenvalue weighted by molar-refractivity contribution is -0.127. The van der Waals surface area contributed by atoms with E-state index < -0.39 is 0 Å². The molecule has 0 bridgehead atoms. The summed E-state index contributed by atoms with van der Waals surface area (Å²) in [4.78, 5) is 16.7. The lowest BCUT2D eigenvalue weighted by Crippen LogP contribution is -2.37. The van der Waals surface area contributed by atoms with E-state index in [4.69, 9.17) is 5.73 Å². The molecule has 1 fully saturated rings. The van der Waals surface area contributed by atoms with Gasteiger partial charge in [-0.2, -0.15) is 5.10 Å². The van der Waals surface area contributed by atoms with Crippen LogP contribution >= 0.6 is 0 Å². The van der Waals surface area contributed by atoms with Crippen molar-refractivity contribution in [2.24, 2.45) is 11.1 Å². The van der Waals surface area contributed by atoms with E-state index in [1.165, 1.54) is 6.33 Å². The standard InChI is InChI=1S/C13H22N4O/c1-2-7-17-12(15-10-16-17)8-11(18)13(9-14)5-3-4-6-13/h10H,2-9,14H2,1H3. The number of Topliss-reactive ketones (excluding diaryl/α,β-unsaturated/α-hetero) is 1. The minimum absolute atomic E-state index is 0.243.